The van der Waals surface area contributed by atoms with Crippen LogP contribution in [-0.2, 0) is 0 Å². The zero-order valence-corrected chi connectivity index (χ0v) is 29.7. The molecule has 0 radical (unpaired) electrons. The Bertz CT molecular complexity index is 2510. The maximum Gasteiger partial charge on any atom is 0.164 e. The molecule has 7 aromatic carbocycles. The fourth-order valence-electron chi connectivity index (χ4n) is 6.34. The van der Waals surface area contributed by atoms with Crippen LogP contribution >= 0.6 is 0 Å². The summed E-state index contributed by atoms with van der Waals surface area (Å²) >= 11 is 0. The van der Waals surface area contributed by atoms with E-state index in [1.54, 1.807) is 5.01 Å². The van der Waals surface area contributed by atoms with Gasteiger partial charge >= 0.3 is 0 Å². The number of nitrogens with zero attached hydrogens (tertiary/aromatic N) is 5. The summed E-state index contributed by atoms with van der Waals surface area (Å²) in [6, 6.07) is 62.8. The molecule has 0 fully saturated rings. The van der Waals surface area contributed by atoms with Crippen LogP contribution in [0.3, 0.4) is 0 Å². The summed E-state index contributed by atoms with van der Waals surface area (Å²) in [5, 5.41) is 15.4. The third kappa shape index (κ3) is 7.49. The highest BCUT2D eigenvalue weighted by Gasteiger charge is 2.15. The first-order valence-corrected chi connectivity index (χ1v) is 17.8. The van der Waals surface area contributed by atoms with Crippen molar-refractivity contribution >= 4 is 17.7 Å². The minimum absolute atomic E-state index is 0.296. The van der Waals surface area contributed by atoms with Gasteiger partial charge in [-0.15, -0.1) is 0 Å². The van der Waals surface area contributed by atoms with E-state index in [1.165, 1.54) is 0 Å². The van der Waals surface area contributed by atoms with Crippen molar-refractivity contribution in [3.8, 4) is 56.4 Å². The summed E-state index contributed by atoms with van der Waals surface area (Å²) in [4.78, 5) is 14.8. The molecule has 0 aliphatic carbocycles. The molecule has 0 amide bonds. The van der Waals surface area contributed by atoms with E-state index in [2.05, 4.69) is 61.5 Å². The van der Waals surface area contributed by atoms with Crippen molar-refractivity contribution in [3.63, 3.8) is 0 Å². The Kier molecular flexibility index (Phi) is 9.72. The van der Waals surface area contributed by atoms with Crippen molar-refractivity contribution in [3.05, 3.63) is 205 Å². The summed E-state index contributed by atoms with van der Waals surface area (Å²) in [5.41, 5.74) is 10.8. The van der Waals surface area contributed by atoms with Crippen LogP contribution in [0.25, 0.3) is 56.4 Å². The van der Waals surface area contributed by atoms with E-state index in [0.717, 1.165) is 61.3 Å². The number of aromatic nitrogens is 3. The van der Waals surface area contributed by atoms with Gasteiger partial charge < -0.3 is 0 Å². The van der Waals surface area contributed by atoms with Crippen molar-refractivity contribution in [2.45, 2.75) is 6.92 Å². The molecule has 0 spiro atoms. The van der Waals surface area contributed by atoms with E-state index < -0.39 is 0 Å². The molecule has 0 atom stereocenters. The number of hydrogen-bond acceptors (Lipinski definition) is 5. The first-order valence-electron chi connectivity index (χ1n) is 17.8. The predicted molar refractivity (Wildman–Crippen MR) is 222 cm³/mol. The zero-order valence-electron chi connectivity index (χ0n) is 29.7. The highest BCUT2D eigenvalue weighted by molar-refractivity contribution is 6.08. The minimum Gasteiger partial charge on any atom is -0.282 e. The molecule has 0 unspecified atom stereocenters. The van der Waals surface area contributed by atoms with Gasteiger partial charge in [0.2, 0.25) is 0 Å². The van der Waals surface area contributed by atoms with Crippen molar-refractivity contribution in [1.82, 2.24) is 15.0 Å². The summed E-state index contributed by atoms with van der Waals surface area (Å²) in [6.07, 6.45) is 1.81. The molecule has 1 heterocycles. The number of aryl methyl sites for hydroxylation is 1. The SMILES string of the molecule is Cc1ccc(-c2cccc(/C=N/N(C(=N)c3ccccc3)c3ccccc3)c2)cc1-c1cccc(-c2nc(-c3ccccc3)nc(-c3ccccc3)n2)c1. The molecule has 0 bridgehead atoms. The lowest BCUT2D eigenvalue weighted by Crippen LogP contribution is -2.25. The van der Waals surface area contributed by atoms with Gasteiger partial charge in [0.05, 0.1) is 11.9 Å². The number of rotatable bonds is 9. The molecule has 8 aromatic rings. The molecule has 54 heavy (non-hydrogen) atoms. The number of benzene rings is 7. The van der Waals surface area contributed by atoms with E-state index >= 15 is 0 Å². The highest BCUT2D eigenvalue weighted by Crippen LogP contribution is 2.33. The number of nitrogens with one attached hydrogen (secondary N) is 1. The Balaban J connectivity index is 1.12. The molecule has 258 valence electrons. The third-order valence-electron chi connectivity index (χ3n) is 9.17. The van der Waals surface area contributed by atoms with Crippen LogP contribution < -0.4 is 5.01 Å². The van der Waals surface area contributed by atoms with Gasteiger partial charge in [-0.1, -0.05) is 158 Å². The summed E-state index contributed by atoms with van der Waals surface area (Å²) in [5.74, 6) is 2.19. The fourth-order valence-corrected chi connectivity index (χ4v) is 6.34. The second-order valence-corrected chi connectivity index (χ2v) is 12.9. The van der Waals surface area contributed by atoms with Gasteiger partial charge in [-0.25, -0.2) is 20.0 Å². The van der Waals surface area contributed by atoms with Crippen molar-refractivity contribution < 1.29 is 0 Å². The second kappa shape index (κ2) is 15.5. The van der Waals surface area contributed by atoms with Crippen LogP contribution in [-0.4, -0.2) is 27.0 Å². The van der Waals surface area contributed by atoms with E-state index in [1.807, 2.05) is 140 Å². The average Bonchev–Trinajstić information content (AvgIpc) is 3.25. The second-order valence-electron chi connectivity index (χ2n) is 12.9. The molecule has 1 aromatic heterocycles. The topological polar surface area (TPSA) is 78.1 Å². The smallest absolute Gasteiger partial charge is 0.164 e. The molecule has 6 heteroatoms. The maximum absolute atomic E-state index is 8.96. The lowest BCUT2D eigenvalue weighted by atomic mass is 9.94. The molecule has 8 rings (SSSR count). The van der Waals surface area contributed by atoms with Crippen LogP contribution in [0.4, 0.5) is 5.69 Å². The van der Waals surface area contributed by atoms with Crippen LogP contribution in [0, 0.1) is 12.3 Å². The molecular weight excluding hydrogens is 661 g/mol. The quantitative estimate of drug-likeness (QED) is 0.0925. The highest BCUT2D eigenvalue weighted by atomic mass is 15.5. The summed E-state index contributed by atoms with van der Waals surface area (Å²) < 4.78 is 0. The fraction of sp³-hybridized carbons (Fsp3) is 0.0208. The largest absolute Gasteiger partial charge is 0.282 e. The van der Waals surface area contributed by atoms with Gasteiger partial charge in [-0.05, 0) is 70.6 Å². The summed E-state index contributed by atoms with van der Waals surface area (Å²) in [6.45, 7) is 2.14. The first-order chi connectivity index (χ1) is 26.6. The molecule has 0 aliphatic heterocycles. The number of hydrazone groups is 1. The molecular formula is C48H36N6. The monoisotopic (exact) mass is 696 g/mol. The van der Waals surface area contributed by atoms with Crippen LogP contribution in [0.1, 0.15) is 16.7 Å². The van der Waals surface area contributed by atoms with Gasteiger partial charge in [-0.3, -0.25) is 5.41 Å². The third-order valence-corrected chi connectivity index (χ3v) is 9.17. The standard InChI is InChI=1S/C48H36N6/c1-34-28-29-40(39-23-14-16-35(30-39)33-50-54(43-26-12-5-13-27-43)45(49)36-17-6-2-7-18-36)32-44(34)41-24-15-25-42(31-41)48-52-46(37-19-8-3-9-20-37)51-47(53-48)38-21-10-4-11-22-38/h2-33,49H,1H3/b49-45?,50-33+. The summed E-state index contributed by atoms with van der Waals surface area (Å²) in [7, 11) is 0. The Morgan fingerprint density at radius 1 is 0.481 bits per heavy atom. The van der Waals surface area contributed by atoms with Crippen LogP contribution in [0.2, 0.25) is 0 Å². The van der Waals surface area contributed by atoms with Crippen LogP contribution in [0.15, 0.2) is 193 Å². The molecule has 0 saturated heterocycles. The van der Waals surface area contributed by atoms with E-state index in [4.69, 9.17) is 25.5 Å². The Morgan fingerprint density at radius 2 is 0.981 bits per heavy atom. The minimum atomic E-state index is 0.296. The Morgan fingerprint density at radius 3 is 1.63 bits per heavy atom. The lowest BCUT2D eigenvalue weighted by molar-refractivity contribution is 1.07. The van der Waals surface area contributed by atoms with E-state index in [0.29, 0.717) is 23.3 Å². The van der Waals surface area contributed by atoms with Gasteiger partial charge in [0, 0.05) is 22.3 Å². The van der Waals surface area contributed by atoms with Gasteiger partial charge in [-0.2, -0.15) is 5.10 Å². The Hall–Kier alpha value is -7.31. The average molecular weight is 697 g/mol. The maximum atomic E-state index is 8.96. The number of para-hydroxylation sites is 1. The predicted octanol–water partition coefficient (Wildman–Crippen LogP) is 11.4. The zero-order chi connectivity index (χ0) is 36.7. The van der Waals surface area contributed by atoms with Crippen molar-refractivity contribution in [1.29, 1.82) is 5.41 Å². The van der Waals surface area contributed by atoms with E-state index in [9.17, 15) is 0 Å². The molecule has 0 aliphatic rings. The first kappa shape index (κ1) is 33.8. The van der Waals surface area contributed by atoms with Gasteiger partial charge in [0.15, 0.2) is 23.3 Å². The molecule has 6 nitrogen and oxygen atoms in total. The molecule has 0 saturated carbocycles. The number of anilines is 1. The normalized spacial score (nSPS) is 11.1. The van der Waals surface area contributed by atoms with Crippen molar-refractivity contribution in [2.24, 2.45) is 5.10 Å². The molecule has 1 N–H and O–H groups in total. The number of amidine groups is 1. The van der Waals surface area contributed by atoms with E-state index in [-0.39, 0.29) is 0 Å². The number of hydrogen-bond donors (Lipinski definition) is 1. The Labute approximate surface area is 315 Å². The van der Waals surface area contributed by atoms with Crippen LogP contribution in [0.5, 0.6) is 0 Å². The van der Waals surface area contributed by atoms with Gasteiger partial charge in [0.25, 0.3) is 0 Å². The lowest BCUT2D eigenvalue weighted by Gasteiger charge is -2.20. The van der Waals surface area contributed by atoms with Crippen molar-refractivity contribution in [2.75, 3.05) is 5.01 Å². The van der Waals surface area contributed by atoms with Gasteiger partial charge in [0.1, 0.15) is 0 Å².